The molecule has 110 valence electrons. The van der Waals surface area contributed by atoms with E-state index >= 15 is 0 Å². The zero-order chi connectivity index (χ0) is 14.5. The Morgan fingerprint density at radius 2 is 2.24 bits per heavy atom. The summed E-state index contributed by atoms with van der Waals surface area (Å²) in [5.74, 6) is 0.950. The second kappa shape index (κ2) is 6.92. The van der Waals surface area contributed by atoms with Crippen molar-refractivity contribution in [3.63, 3.8) is 0 Å². The van der Waals surface area contributed by atoms with Gasteiger partial charge in [-0.15, -0.1) is 11.3 Å². The highest BCUT2D eigenvalue weighted by Gasteiger charge is 2.20. The number of rotatable bonds is 6. The van der Waals surface area contributed by atoms with Gasteiger partial charge in [0.15, 0.2) is 0 Å². The molecule has 0 amide bonds. The van der Waals surface area contributed by atoms with E-state index in [1.807, 2.05) is 23.5 Å². The van der Waals surface area contributed by atoms with E-state index in [1.54, 1.807) is 11.0 Å². The van der Waals surface area contributed by atoms with Gasteiger partial charge in [-0.05, 0) is 42.3 Å². The molecule has 0 bridgehead atoms. The maximum Gasteiger partial charge on any atom is 0.124 e. The first kappa shape index (κ1) is 14.4. The molecule has 1 heterocycles. The highest BCUT2D eigenvalue weighted by atomic mass is 32.1. The van der Waals surface area contributed by atoms with Crippen LogP contribution in [-0.2, 0) is 13.0 Å². The largest absolute Gasteiger partial charge is 0.489 e. The summed E-state index contributed by atoms with van der Waals surface area (Å²) < 4.78 is 5.72. The van der Waals surface area contributed by atoms with Gasteiger partial charge in [-0.1, -0.05) is 30.9 Å². The quantitative estimate of drug-likeness (QED) is 0.794. The van der Waals surface area contributed by atoms with Crippen LogP contribution in [0, 0.1) is 0 Å². The van der Waals surface area contributed by atoms with Crippen molar-refractivity contribution in [3.8, 4) is 5.75 Å². The fraction of sp³-hybridized carbons (Fsp3) is 0.333. The van der Waals surface area contributed by atoms with Crippen molar-refractivity contribution < 1.29 is 4.74 Å². The summed E-state index contributed by atoms with van der Waals surface area (Å²) in [7, 11) is 0. The Bertz CT molecular complexity index is 605. The van der Waals surface area contributed by atoms with Crippen molar-refractivity contribution in [2.75, 3.05) is 6.61 Å². The van der Waals surface area contributed by atoms with Crippen LogP contribution < -0.4 is 10.1 Å². The molecule has 1 aliphatic carbocycles. The Morgan fingerprint density at radius 1 is 1.33 bits per heavy atom. The van der Waals surface area contributed by atoms with Gasteiger partial charge >= 0.3 is 0 Å². The number of hydrogen-bond donors (Lipinski definition) is 1. The Labute approximate surface area is 130 Å². The zero-order valence-electron chi connectivity index (χ0n) is 12.2. The average Bonchev–Trinajstić information content (AvgIpc) is 3.01. The molecule has 0 fully saturated rings. The van der Waals surface area contributed by atoms with Crippen LogP contribution in [0.3, 0.4) is 0 Å². The summed E-state index contributed by atoms with van der Waals surface area (Å²) in [6.07, 6.45) is 5.52. The Hall–Kier alpha value is -1.58. The maximum atomic E-state index is 5.72. The molecule has 0 saturated carbocycles. The van der Waals surface area contributed by atoms with Crippen LogP contribution >= 0.6 is 11.3 Å². The fourth-order valence-electron chi connectivity index (χ4n) is 2.87. The van der Waals surface area contributed by atoms with E-state index < -0.39 is 0 Å². The lowest BCUT2D eigenvalue weighted by molar-refractivity contribution is 0.355. The highest BCUT2D eigenvalue weighted by molar-refractivity contribution is 7.10. The predicted molar refractivity (Wildman–Crippen MR) is 89.0 cm³/mol. The Morgan fingerprint density at radius 3 is 3.14 bits per heavy atom. The molecular weight excluding hydrogens is 278 g/mol. The van der Waals surface area contributed by atoms with Crippen LogP contribution in [0.15, 0.2) is 48.4 Å². The van der Waals surface area contributed by atoms with E-state index in [-0.39, 0.29) is 0 Å². The number of ether oxygens (including phenoxy) is 1. The molecule has 1 unspecified atom stereocenters. The van der Waals surface area contributed by atoms with Gasteiger partial charge in [0.25, 0.3) is 0 Å². The first-order valence-corrected chi connectivity index (χ1v) is 8.37. The summed E-state index contributed by atoms with van der Waals surface area (Å²) in [4.78, 5) is 1.55. The van der Waals surface area contributed by atoms with Crippen LogP contribution in [0.4, 0.5) is 0 Å². The third kappa shape index (κ3) is 3.36. The minimum Gasteiger partial charge on any atom is -0.489 e. The Balaban J connectivity index is 1.67. The van der Waals surface area contributed by atoms with E-state index in [0.717, 1.165) is 12.3 Å². The van der Waals surface area contributed by atoms with Crippen LogP contribution in [0.1, 0.15) is 34.9 Å². The lowest BCUT2D eigenvalue weighted by Gasteiger charge is -2.24. The van der Waals surface area contributed by atoms with Crippen molar-refractivity contribution in [1.82, 2.24) is 5.32 Å². The molecule has 2 nitrogen and oxygen atoms in total. The molecule has 1 atom stereocenters. The van der Waals surface area contributed by atoms with Crippen molar-refractivity contribution in [1.29, 1.82) is 0 Å². The van der Waals surface area contributed by atoms with E-state index in [2.05, 4.69) is 35.5 Å². The smallest absolute Gasteiger partial charge is 0.124 e. The number of nitrogens with one attached hydrogen (secondary N) is 1. The van der Waals surface area contributed by atoms with Crippen molar-refractivity contribution in [3.05, 3.63) is 64.4 Å². The number of hydrogen-bond acceptors (Lipinski definition) is 3. The van der Waals surface area contributed by atoms with E-state index in [1.165, 1.54) is 30.4 Å². The van der Waals surface area contributed by atoms with Crippen LogP contribution in [0.5, 0.6) is 5.75 Å². The van der Waals surface area contributed by atoms with Gasteiger partial charge in [0.2, 0.25) is 0 Å². The summed E-state index contributed by atoms with van der Waals surface area (Å²) in [5.41, 5.74) is 2.71. The van der Waals surface area contributed by atoms with Gasteiger partial charge in [0.05, 0.1) is 0 Å². The van der Waals surface area contributed by atoms with E-state index in [4.69, 9.17) is 4.74 Å². The number of benzene rings is 1. The molecule has 0 saturated heterocycles. The standard InChI is InChI=1S/C18H21NOS/c1-2-11-20-17-8-4-3-6-14(17)13-19-16-7-5-9-18-15(16)10-12-21-18/h2-4,6,8,10,12,16,19H,1,5,7,9,11,13H2. The maximum absolute atomic E-state index is 5.72. The monoisotopic (exact) mass is 299 g/mol. The first-order valence-electron chi connectivity index (χ1n) is 7.49. The summed E-state index contributed by atoms with van der Waals surface area (Å²) in [6.45, 7) is 5.10. The van der Waals surface area contributed by atoms with E-state index in [9.17, 15) is 0 Å². The van der Waals surface area contributed by atoms with Crippen molar-refractivity contribution >= 4 is 11.3 Å². The van der Waals surface area contributed by atoms with Crippen LogP contribution in [0.2, 0.25) is 0 Å². The average molecular weight is 299 g/mol. The van der Waals surface area contributed by atoms with Crippen molar-refractivity contribution in [2.45, 2.75) is 31.8 Å². The van der Waals surface area contributed by atoms with Gasteiger partial charge < -0.3 is 10.1 Å². The van der Waals surface area contributed by atoms with Gasteiger partial charge in [0, 0.05) is 23.0 Å². The lowest BCUT2D eigenvalue weighted by atomic mass is 9.94. The third-order valence-corrected chi connectivity index (χ3v) is 4.92. The molecule has 0 radical (unpaired) electrons. The lowest BCUT2D eigenvalue weighted by Crippen LogP contribution is -2.24. The second-order valence-corrected chi connectivity index (χ2v) is 6.33. The molecule has 1 aromatic heterocycles. The minimum absolute atomic E-state index is 0.479. The number of aryl methyl sites for hydroxylation is 1. The molecule has 1 aromatic carbocycles. The van der Waals surface area contributed by atoms with Gasteiger partial charge in [0.1, 0.15) is 12.4 Å². The number of fused-ring (bicyclic) bond motifs is 1. The number of para-hydroxylation sites is 1. The fourth-order valence-corrected chi connectivity index (χ4v) is 3.86. The second-order valence-electron chi connectivity index (χ2n) is 5.33. The normalized spacial score (nSPS) is 17.2. The van der Waals surface area contributed by atoms with Crippen LogP contribution in [0.25, 0.3) is 0 Å². The molecule has 21 heavy (non-hydrogen) atoms. The predicted octanol–water partition coefficient (Wildman–Crippen LogP) is 4.48. The summed E-state index contributed by atoms with van der Waals surface area (Å²) in [5, 5.41) is 5.91. The minimum atomic E-state index is 0.479. The molecule has 0 aliphatic heterocycles. The molecule has 0 spiro atoms. The SMILES string of the molecule is C=CCOc1ccccc1CNC1CCCc2sccc21. The molecule has 3 heteroatoms. The van der Waals surface area contributed by atoms with Gasteiger partial charge in [-0.2, -0.15) is 0 Å². The Kier molecular flexibility index (Phi) is 4.73. The van der Waals surface area contributed by atoms with Crippen molar-refractivity contribution in [2.24, 2.45) is 0 Å². The highest BCUT2D eigenvalue weighted by Crippen LogP contribution is 2.33. The third-order valence-electron chi connectivity index (χ3n) is 3.92. The molecular formula is C18H21NOS. The summed E-state index contributed by atoms with van der Waals surface area (Å²) >= 11 is 1.89. The van der Waals surface area contributed by atoms with Crippen LogP contribution in [-0.4, -0.2) is 6.61 Å². The van der Waals surface area contributed by atoms with E-state index in [0.29, 0.717) is 12.6 Å². The molecule has 1 aliphatic rings. The van der Waals surface area contributed by atoms with Gasteiger partial charge in [-0.25, -0.2) is 0 Å². The molecule has 2 aromatic rings. The first-order chi connectivity index (χ1) is 10.4. The summed E-state index contributed by atoms with van der Waals surface area (Å²) in [6, 6.07) is 11.0. The molecule has 1 N–H and O–H groups in total. The molecule has 3 rings (SSSR count). The zero-order valence-corrected chi connectivity index (χ0v) is 13.0. The topological polar surface area (TPSA) is 21.3 Å². The number of thiophene rings is 1. The van der Waals surface area contributed by atoms with Gasteiger partial charge in [-0.3, -0.25) is 0 Å².